The van der Waals surface area contributed by atoms with Crippen molar-refractivity contribution in [1.82, 2.24) is 14.5 Å². The Bertz CT molecular complexity index is 922. The van der Waals surface area contributed by atoms with Gasteiger partial charge in [-0.1, -0.05) is 43.7 Å². The molecular formula is C23H31N3O3S. The zero-order valence-electron chi connectivity index (χ0n) is 17.8. The number of nitrogens with zero attached hydrogens (tertiary/aromatic N) is 2. The maximum Gasteiger partial charge on any atom is 0.251 e. The first-order valence-corrected chi connectivity index (χ1v) is 12.0. The molecule has 1 fully saturated rings. The molecule has 6 nitrogen and oxygen atoms in total. The second-order valence-corrected chi connectivity index (χ2v) is 9.79. The number of hydrogen-bond acceptors (Lipinski definition) is 4. The second kappa shape index (κ2) is 10.2. The van der Waals surface area contributed by atoms with E-state index in [0.717, 1.165) is 24.9 Å². The van der Waals surface area contributed by atoms with E-state index >= 15 is 0 Å². The highest BCUT2D eigenvalue weighted by atomic mass is 32.2. The molecule has 30 heavy (non-hydrogen) atoms. The van der Waals surface area contributed by atoms with Gasteiger partial charge in [0.1, 0.15) is 0 Å². The predicted molar refractivity (Wildman–Crippen MR) is 119 cm³/mol. The third kappa shape index (κ3) is 5.68. The number of amides is 1. The predicted octanol–water partition coefficient (Wildman–Crippen LogP) is 3.11. The van der Waals surface area contributed by atoms with Crippen molar-refractivity contribution in [2.45, 2.75) is 44.2 Å². The van der Waals surface area contributed by atoms with Gasteiger partial charge in [-0.05, 0) is 43.2 Å². The normalized spacial score (nSPS) is 16.9. The van der Waals surface area contributed by atoms with E-state index in [0.29, 0.717) is 36.6 Å². The SMILES string of the molecule is CCCC(C)NC(=O)c1ccc(CN2CCN(S(=O)(=O)c3ccccc3)CC2)cc1. The van der Waals surface area contributed by atoms with Gasteiger partial charge in [-0.15, -0.1) is 0 Å². The molecule has 1 amide bonds. The fourth-order valence-corrected chi connectivity index (χ4v) is 5.14. The number of nitrogens with one attached hydrogen (secondary N) is 1. The van der Waals surface area contributed by atoms with Crippen LogP contribution in [0, 0.1) is 0 Å². The van der Waals surface area contributed by atoms with Crippen LogP contribution >= 0.6 is 0 Å². The minimum absolute atomic E-state index is 0.0396. The van der Waals surface area contributed by atoms with Crippen LogP contribution in [-0.4, -0.2) is 55.8 Å². The summed E-state index contributed by atoms with van der Waals surface area (Å²) in [5.74, 6) is -0.0396. The first kappa shape index (κ1) is 22.5. The van der Waals surface area contributed by atoms with Gasteiger partial charge in [0.05, 0.1) is 4.90 Å². The summed E-state index contributed by atoms with van der Waals surface area (Å²) in [7, 11) is -3.43. The Labute approximate surface area is 179 Å². The topological polar surface area (TPSA) is 69.7 Å². The standard InChI is InChI=1S/C23H31N3O3S/c1-3-7-19(2)24-23(27)21-12-10-20(11-13-21)18-25-14-16-26(17-15-25)30(28,29)22-8-5-4-6-9-22/h4-6,8-13,19H,3,7,14-18H2,1-2H3,(H,24,27). The highest BCUT2D eigenvalue weighted by Crippen LogP contribution is 2.18. The molecule has 7 heteroatoms. The number of piperazine rings is 1. The van der Waals surface area contributed by atoms with Crippen molar-refractivity contribution in [2.75, 3.05) is 26.2 Å². The maximum atomic E-state index is 12.7. The molecule has 0 bridgehead atoms. The Morgan fingerprint density at radius 1 is 1.00 bits per heavy atom. The first-order valence-electron chi connectivity index (χ1n) is 10.6. The van der Waals surface area contributed by atoms with E-state index in [1.54, 1.807) is 28.6 Å². The van der Waals surface area contributed by atoms with E-state index in [-0.39, 0.29) is 11.9 Å². The highest BCUT2D eigenvalue weighted by molar-refractivity contribution is 7.89. The van der Waals surface area contributed by atoms with Crippen molar-refractivity contribution in [3.8, 4) is 0 Å². The van der Waals surface area contributed by atoms with E-state index in [9.17, 15) is 13.2 Å². The Morgan fingerprint density at radius 3 is 2.23 bits per heavy atom. The summed E-state index contributed by atoms with van der Waals surface area (Å²) >= 11 is 0. The lowest BCUT2D eigenvalue weighted by molar-refractivity contribution is 0.0938. The molecule has 1 saturated heterocycles. The number of sulfonamides is 1. The van der Waals surface area contributed by atoms with Gasteiger partial charge in [-0.2, -0.15) is 4.31 Å². The van der Waals surface area contributed by atoms with Crippen LogP contribution in [-0.2, 0) is 16.6 Å². The molecular weight excluding hydrogens is 398 g/mol. The Morgan fingerprint density at radius 2 is 1.63 bits per heavy atom. The molecule has 1 aliphatic rings. The zero-order chi connectivity index (χ0) is 21.6. The van der Waals surface area contributed by atoms with Crippen molar-refractivity contribution in [2.24, 2.45) is 0 Å². The molecule has 1 heterocycles. The lowest BCUT2D eigenvalue weighted by Gasteiger charge is -2.34. The molecule has 0 spiro atoms. The smallest absolute Gasteiger partial charge is 0.251 e. The summed E-state index contributed by atoms with van der Waals surface area (Å²) in [6.45, 7) is 7.20. The van der Waals surface area contributed by atoms with E-state index in [1.807, 2.05) is 37.3 Å². The summed E-state index contributed by atoms with van der Waals surface area (Å²) in [4.78, 5) is 14.9. The van der Waals surface area contributed by atoms with E-state index in [1.165, 1.54) is 0 Å². The second-order valence-electron chi connectivity index (χ2n) is 7.85. The van der Waals surface area contributed by atoms with Gasteiger partial charge in [-0.25, -0.2) is 8.42 Å². The highest BCUT2D eigenvalue weighted by Gasteiger charge is 2.28. The van der Waals surface area contributed by atoms with E-state index in [4.69, 9.17) is 0 Å². The van der Waals surface area contributed by atoms with Gasteiger partial charge in [0.25, 0.3) is 5.91 Å². The number of hydrogen-bond donors (Lipinski definition) is 1. The van der Waals surface area contributed by atoms with Gasteiger partial charge in [0, 0.05) is 44.3 Å². The summed E-state index contributed by atoms with van der Waals surface area (Å²) in [5.41, 5.74) is 1.79. The molecule has 0 aliphatic carbocycles. The number of carbonyl (C=O) groups is 1. The fraction of sp³-hybridized carbons (Fsp3) is 0.435. The van der Waals surface area contributed by atoms with Crippen LogP contribution in [0.1, 0.15) is 42.6 Å². The minimum atomic E-state index is -3.43. The van der Waals surface area contributed by atoms with E-state index < -0.39 is 10.0 Å². The monoisotopic (exact) mass is 429 g/mol. The van der Waals surface area contributed by atoms with Crippen LogP contribution in [0.15, 0.2) is 59.5 Å². The first-order chi connectivity index (χ1) is 14.4. The van der Waals surface area contributed by atoms with Crippen LogP contribution < -0.4 is 5.32 Å². The fourth-order valence-electron chi connectivity index (χ4n) is 3.70. The zero-order valence-corrected chi connectivity index (χ0v) is 18.6. The average Bonchev–Trinajstić information content (AvgIpc) is 2.75. The molecule has 162 valence electrons. The van der Waals surface area contributed by atoms with Gasteiger partial charge < -0.3 is 5.32 Å². The quantitative estimate of drug-likeness (QED) is 0.700. The summed E-state index contributed by atoms with van der Waals surface area (Å²) < 4.78 is 27.0. The molecule has 2 aromatic carbocycles. The lowest BCUT2D eigenvalue weighted by Crippen LogP contribution is -2.48. The molecule has 1 aliphatic heterocycles. The molecule has 3 rings (SSSR count). The third-order valence-corrected chi connectivity index (χ3v) is 7.35. The van der Waals surface area contributed by atoms with Gasteiger partial charge in [0.2, 0.25) is 10.0 Å². The molecule has 2 aromatic rings. The largest absolute Gasteiger partial charge is 0.350 e. The molecule has 1 unspecified atom stereocenters. The summed E-state index contributed by atoms with van der Waals surface area (Å²) in [6.07, 6.45) is 2.01. The average molecular weight is 430 g/mol. The Kier molecular flexibility index (Phi) is 7.64. The van der Waals surface area contributed by atoms with Crippen LogP contribution in [0.2, 0.25) is 0 Å². The summed E-state index contributed by atoms with van der Waals surface area (Å²) in [5, 5.41) is 3.02. The molecule has 1 atom stereocenters. The van der Waals surface area contributed by atoms with Gasteiger partial charge in [-0.3, -0.25) is 9.69 Å². The van der Waals surface area contributed by atoms with Crippen molar-refractivity contribution < 1.29 is 13.2 Å². The number of rotatable bonds is 8. The number of benzene rings is 2. The van der Waals surface area contributed by atoms with Crippen molar-refractivity contribution in [1.29, 1.82) is 0 Å². The van der Waals surface area contributed by atoms with Crippen LogP contribution in [0.4, 0.5) is 0 Å². The molecule has 0 radical (unpaired) electrons. The summed E-state index contributed by atoms with van der Waals surface area (Å²) in [6, 6.07) is 16.4. The Balaban J connectivity index is 1.52. The minimum Gasteiger partial charge on any atom is -0.350 e. The number of carbonyl (C=O) groups excluding carboxylic acids is 1. The molecule has 1 N–H and O–H groups in total. The molecule has 0 aromatic heterocycles. The van der Waals surface area contributed by atoms with Gasteiger partial charge in [0.15, 0.2) is 0 Å². The molecule has 0 saturated carbocycles. The van der Waals surface area contributed by atoms with Crippen molar-refractivity contribution in [3.05, 3.63) is 65.7 Å². The third-order valence-electron chi connectivity index (χ3n) is 5.43. The van der Waals surface area contributed by atoms with E-state index in [2.05, 4.69) is 17.1 Å². The van der Waals surface area contributed by atoms with Crippen LogP contribution in [0.25, 0.3) is 0 Å². The maximum absolute atomic E-state index is 12.7. The Hall–Kier alpha value is -2.22. The van der Waals surface area contributed by atoms with Gasteiger partial charge >= 0.3 is 0 Å². The van der Waals surface area contributed by atoms with Crippen LogP contribution in [0.5, 0.6) is 0 Å². The van der Waals surface area contributed by atoms with Crippen molar-refractivity contribution >= 4 is 15.9 Å². The van der Waals surface area contributed by atoms with Crippen LogP contribution in [0.3, 0.4) is 0 Å². The lowest BCUT2D eigenvalue weighted by atomic mass is 10.1. The van der Waals surface area contributed by atoms with Crippen molar-refractivity contribution in [3.63, 3.8) is 0 Å².